The first-order valence-corrected chi connectivity index (χ1v) is 27.8. The SMILES string of the molecule is CCCCCCCCCCCCCCCCCCCCNC(=O)c1cc(Br)c(C(=O)NCCCCCCCCCCCCCCCCCCCC)c2c(C(=O)O)cc(Br)c(C(=O)O)c12. The van der Waals surface area contributed by atoms with Crippen LogP contribution in [0.1, 0.15) is 286 Å². The summed E-state index contributed by atoms with van der Waals surface area (Å²) in [6.07, 6.45) is 45.8. The molecule has 0 aromatic heterocycles. The maximum Gasteiger partial charge on any atom is 0.337 e. The number of fused-ring (bicyclic) bond motifs is 1. The van der Waals surface area contributed by atoms with E-state index in [2.05, 4.69) is 56.3 Å². The van der Waals surface area contributed by atoms with E-state index in [1.165, 1.54) is 205 Å². The second-order valence-electron chi connectivity index (χ2n) is 18.5. The van der Waals surface area contributed by atoms with E-state index in [-0.39, 0.29) is 42.0 Å². The number of benzene rings is 2. The molecular weight excluding hydrogens is 932 g/mol. The molecule has 0 atom stereocenters. The van der Waals surface area contributed by atoms with Gasteiger partial charge in [-0.3, -0.25) is 9.59 Å². The van der Waals surface area contributed by atoms with Gasteiger partial charge in [-0.05, 0) is 56.8 Å². The minimum atomic E-state index is -1.33. The van der Waals surface area contributed by atoms with Crippen molar-refractivity contribution in [3.8, 4) is 0 Å². The van der Waals surface area contributed by atoms with Gasteiger partial charge in [-0.1, -0.05) is 232 Å². The molecule has 0 unspecified atom stereocenters. The van der Waals surface area contributed by atoms with Crippen molar-refractivity contribution in [3.05, 3.63) is 43.3 Å². The van der Waals surface area contributed by atoms with Gasteiger partial charge in [0.25, 0.3) is 11.8 Å². The van der Waals surface area contributed by atoms with E-state index in [0.29, 0.717) is 13.1 Å². The minimum absolute atomic E-state index is 0.00450. The summed E-state index contributed by atoms with van der Waals surface area (Å²) in [7, 11) is 0. The molecule has 0 spiro atoms. The number of rotatable bonds is 42. The van der Waals surface area contributed by atoms with E-state index < -0.39 is 23.8 Å². The van der Waals surface area contributed by atoms with Crippen molar-refractivity contribution in [1.29, 1.82) is 0 Å². The summed E-state index contributed by atoms with van der Waals surface area (Å²) in [5, 5.41) is 26.3. The Morgan fingerprint density at radius 3 is 0.953 bits per heavy atom. The maximum absolute atomic E-state index is 13.8. The van der Waals surface area contributed by atoms with Crippen LogP contribution >= 0.6 is 31.9 Å². The lowest BCUT2D eigenvalue weighted by atomic mass is 9.90. The van der Waals surface area contributed by atoms with Crippen LogP contribution in [0, 0.1) is 0 Å². The Balaban J connectivity index is 1.79. The molecule has 2 amide bonds. The lowest BCUT2D eigenvalue weighted by Gasteiger charge is -2.18. The van der Waals surface area contributed by atoms with E-state index in [1.54, 1.807) is 0 Å². The second kappa shape index (κ2) is 37.6. The Morgan fingerprint density at radius 2 is 0.641 bits per heavy atom. The highest BCUT2D eigenvalue weighted by Crippen LogP contribution is 2.38. The van der Waals surface area contributed by atoms with Crippen LogP contribution in [0.3, 0.4) is 0 Å². The molecule has 64 heavy (non-hydrogen) atoms. The van der Waals surface area contributed by atoms with Crippen LogP contribution in [-0.2, 0) is 0 Å². The lowest BCUT2D eigenvalue weighted by Crippen LogP contribution is -2.28. The Hall–Kier alpha value is -2.46. The van der Waals surface area contributed by atoms with Crippen molar-refractivity contribution in [3.63, 3.8) is 0 Å². The number of carboxylic acids is 2. The number of aromatic carboxylic acids is 2. The molecule has 0 saturated heterocycles. The highest BCUT2D eigenvalue weighted by atomic mass is 79.9. The zero-order valence-corrected chi connectivity index (χ0v) is 43.5. The molecule has 0 aliphatic carbocycles. The summed E-state index contributed by atoms with van der Waals surface area (Å²) in [5.74, 6) is -3.70. The van der Waals surface area contributed by atoms with Gasteiger partial charge < -0.3 is 20.8 Å². The third-order valence-electron chi connectivity index (χ3n) is 12.9. The molecule has 4 N–H and O–H groups in total. The third-order valence-corrected chi connectivity index (χ3v) is 14.1. The van der Waals surface area contributed by atoms with Gasteiger partial charge in [-0.25, -0.2) is 9.59 Å². The van der Waals surface area contributed by atoms with Crippen molar-refractivity contribution >= 4 is 66.4 Å². The van der Waals surface area contributed by atoms with Crippen molar-refractivity contribution in [2.24, 2.45) is 0 Å². The van der Waals surface area contributed by atoms with E-state index in [1.807, 2.05) is 0 Å². The standard InChI is InChI=1S/C54H88Br2N2O6/c1-3-5-7-9-11-13-15-17-19-21-23-25-27-29-31-33-35-37-39-57-51(59)43-41-45(55)49(48-44(53(61)62)42-46(56)50(47(43)48)54(63)64)52(60)58-40-38-36-34-32-30-28-26-24-22-20-18-16-14-12-10-8-6-4-2/h41-42H,3-40H2,1-2H3,(H,57,59)(H,58,60)(H,61,62)(H,63,64). The first kappa shape index (κ1) is 57.7. The number of hydrogen-bond acceptors (Lipinski definition) is 4. The summed E-state index contributed by atoms with van der Waals surface area (Å²) < 4.78 is 0.254. The summed E-state index contributed by atoms with van der Waals surface area (Å²) in [6.45, 7) is 5.34. The molecule has 0 saturated carbocycles. The largest absolute Gasteiger partial charge is 0.478 e. The van der Waals surface area contributed by atoms with Crippen molar-refractivity contribution in [1.82, 2.24) is 10.6 Å². The first-order valence-electron chi connectivity index (χ1n) is 26.2. The predicted molar refractivity (Wildman–Crippen MR) is 275 cm³/mol. The molecule has 2 rings (SSSR count). The second-order valence-corrected chi connectivity index (χ2v) is 20.2. The van der Waals surface area contributed by atoms with Crippen molar-refractivity contribution < 1.29 is 29.4 Å². The molecular formula is C54H88Br2N2O6. The smallest absolute Gasteiger partial charge is 0.337 e. The van der Waals surface area contributed by atoms with Crippen LogP contribution in [0.2, 0.25) is 0 Å². The molecule has 0 fully saturated rings. The fraction of sp³-hybridized carbons (Fsp3) is 0.741. The topological polar surface area (TPSA) is 133 Å². The Kier molecular flexibility index (Phi) is 33.9. The van der Waals surface area contributed by atoms with Gasteiger partial charge in [-0.2, -0.15) is 0 Å². The van der Waals surface area contributed by atoms with E-state index in [9.17, 15) is 29.4 Å². The molecule has 0 aliphatic rings. The molecule has 8 nitrogen and oxygen atoms in total. The highest BCUT2D eigenvalue weighted by molar-refractivity contribution is 9.10. The molecule has 0 radical (unpaired) electrons. The molecule has 0 aliphatic heterocycles. The molecule has 2 aromatic carbocycles. The monoisotopic (exact) mass is 1020 g/mol. The normalized spacial score (nSPS) is 11.4. The van der Waals surface area contributed by atoms with Gasteiger partial charge in [0.05, 0.1) is 16.7 Å². The Bertz CT molecular complexity index is 1610. The zero-order chi connectivity index (χ0) is 46.6. The van der Waals surface area contributed by atoms with Crippen LogP contribution in [0.4, 0.5) is 0 Å². The number of hydrogen-bond donors (Lipinski definition) is 4. The molecule has 10 heteroatoms. The van der Waals surface area contributed by atoms with Crippen LogP contribution in [0.5, 0.6) is 0 Å². The molecule has 0 heterocycles. The van der Waals surface area contributed by atoms with Gasteiger partial charge in [0.15, 0.2) is 0 Å². The number of nitrogens with one attached hydrogen (secondary N) is 2. The van der Waals surface area contributed by atoms with Gasteiger partial charge >= 0.3 is 11.9 Å². The van der Waals surface area contributed by atoms with E-state index in [0.717, 1.165) is 38.5 Å². The number of carboxylic acid groups (broad SMARTS) is 2. The molecule has 364 valence electrons. The van der Waals surface area contributed by atoms with E-state index >= 15 is 0 Å². The zero-order valence-electron chi connectivity index (χ0n) is 40.3. The fourth-order valence-corrected chi connectivity index (χ4v) is 10.2. The first-order chi connectivity index (χ1) is 31.1. The van der Waals surface area contributed by atoms with Crippen LogP contribution in [0.25, 0.3) is 10.8 Å². The summed E-state index contributed by atoms with van der Waals surface area (Å²) >= 11 is 6.72. The minimum Gasteiger partial charge on any atom is -0.478 e. The Morgan fingerprint density at radius 1 is 0.375 bits per heavy atom. The lowest BCUT2D eigenvalue weighted by molar-refractivity contribution is 0.0683. The van der Waals surface area contributed by atoms with Gasteiger partial charge in [0.1, 0.15) is 0 Å². The van der Waals surface area contributed by atoms with Gasteiger partial charge in [0, 0.05) is 38.4 Å². The van der Waals surface area contributed by atoms with Crippen LogP contribution in [-0.4, -0.2) is 47.1 Å². The summed E-state index contributed by atoms with van der Waals surface area (Å²) in [6, 6.07) is 2.65. The van der Waals surface area contributed by atoms with E-state index in [4.69, 9.17) is 0 Å². The van der Waals surface area contributed by atoms with Crippen LogP contribution < -0.4 is 10.6 Å². The molecule has 2 aromatic rings. The Labute approximate surface area is 405 Å². The highest BCUT2D eigenvalue weighted by Gasteiger charge is 2.29. The number of unbranched alkanes of at least 4 members (excludes halogenated alkanes) is 34. The number of carbonyl (C=O) groups is 4. The predicted octanol–water partition coefficient (Wildman–Crippen LogP) is 17.3. The maximum atomic E-state index is 13.8. The summed E-state index contributed by atoms with van der Waals surface area (Å²) in [4.78, 5) is 52.7. The average molecular weight is 1020 g/mol. The quantitative estimate of drug-likeness (QED) is 0.0490. The van der Waals surface area contributed by atoms with Crippen molar-refractivity contribution in [2.45, 2.75) is 245 Å². The fourth-order valence-electron chi connectivity index (χ4n) is 8.99. The average Bonchev–Trinajstić information content (AvgIpc) is 3.27. The number of carbonyl (C=O) groups excluding carboxylic acids is 2. The van der Waals surface area contributed by atoms with Crippen molar-refractivity contribution in [2.75, 3.05) is 13.1 Å². The van der Waals surface area contributed by atoms with Crippen LogP contribution in [0.15, 0.2) is 21.1 Å². The number of amides is 2. The molecule has 0 bridgehead atoms. The van der Waals surface area contributed by atoms with Gasteiger partial charge in [0.2, 0.25) is 0 Å². The van der Waals surface area contributed by atoms with Gasteiger partial charge in [-0.15, -0.1) is 0 Å². The summed E-state index contributed by atoms with van der Waals surface area (Å²) in [5.41, 5.74) is -0.511. The third kappa shape index (κ3) is 24.3. The number of halogens is 2.